The van der Waals surface area contributed by atoms with Crippen LogP contribution in [0.1, 0.15) is 31.7 Å². The number of nitrogens with one attached hydrogen (secondary N) is 1. The number of ether oxygens (including phenoxy) is 1. The van der Waals surface area contributed by atoms with Crippen molar-refractivity contribution in [3.63, 3.8) is 0 Å². The molecule has 0 aromatic heterocycles. The molecule has 0 heterocycles. The number of esters is 1. The third-order valence-corrected chi connectivity index (χ3v) is 5.29. The maximum atomic E-state index is 12.5. The van der Waals surface area contributed by atoms with Gasteiger partial charge < -0.3 is 15.0 Å². The number of anilines is 1. The summed E-state index contributed by atoms with van der Waals surface area (Å²) in [6.07, 6.45) is 2.79. The summed E-state index contributed by atoms with van der Waals surface area (Å²) < 4.78 is 5.33. The minimum absolute atomic E-state index is 0.0490. The van der Waals surface area contributed by atoms with E-state index < -0.39 is 0 Å². The van der Waals surface area contributed by atoms with Crippen molar-refractivity contribution in [3.05, 3.63) is 66.2 Å². The molecule has 0 aliphatic heterocycles. The maximum Gasteiger partial charge on any atom is 0.311 e. The van der Waals surface area contributed by atoms with Crippen molar-refractivity contribution in [2.24, 2.45) is 5.92 Å². The van der Waals surface area contributed by atoms with Crippen LogP contribution in [0.4, 0.5) is 5.69 Å². The average molecular weight is 383 g/mol. The highest BCUT2D eigenvalue weighted by atomic mass is 32.1. The molecule has 3 rings (SSSR count). The molecular weight excluding hydrogens is 356 g/mol. The summed E-state index contributed by atoms with van der Waals surface area (Å²) in [4.78, 5) is 14.6. The molecule has 1 aliphatic carbocycles. The van der Waals surface area contributed by atoms with E-state index in [0.717, 1.165) is 24.9 Å². The summed E-state index contributed by atoms with van der Waals surface area (Å²) in [5.41, 5.74) is 2.12. The number of para-hydroxylation sites is 1. The minimum Gasteiger partial charge on any atom is -0.466 e. The van der Waals surface area contributed by atoms with Gasteiger partial charge in [0, 0.05) is 18.3 Å². The van der Waals surface area contributed by atoms with Crippen LogP contribution >= 0.6 is 12.2 Å². The predicted molar refractivity (Wildman–Crippen MR) is 112 cm³/mol. The van der Waals surface area contributed by atoms with Crippen molar-refractivity contribution in [2.75, 3.05) is 11.9 Å². The average Bonchev–Trinajstić information content (AvgIpc) is 3.17. The number of nitrogens with zero attached hydrogens (tertiary/aromatic N) is 1. The van der Waals surface area contributed by atoms with Gasteiger partial charge in [0.15, 0.2) is 5.11 Å². The van der Waals surface area contributed by atoms with E-state index in [9.17, 15) is 4.79 Å². The first-order valence-corrected chi connectivity index (χ1v) is 9.93. The Morgan fingerprint density at radius 2 is 1.78 bits per heavy atom. The molecule has 2 atom stereocenters. The Labute approximate surface area is 166 Å². The summed E-state index contributed by atoms with van der Waals surface area (Å²) in [6.45, 7) is 2.93. The summed E-state index contributed by atoms with van der Waals surface area (Å²) in [5, 5.41) is 3.98. The third-order valence-electron chi connectivity index (χ3n) is 4.95. The quantitative estimate of drug-likeness (QED) is 0.583. The molecule has 2 aromatic rings. The lowest BCUT2D eigenvalue weighted by molar-refractivity contribution is -0.149. The van der Waals surface area contributed by atoms with E-state index in [2.05, 4.69) is 22.3 Å². The molecule has 27 heavy (non-hydrogen) atoms. The number of rotatable bonds is 6. The Morgan fingerprint density at radius 1 is 1.11 bits per heavy atom. The lowest BCUT2D eigenvalue weighted by atomic mass is 10.0. The number of carbonyl (C=O) groups excluding carboxylic acids is 1. The second-order valence-corrected chi connectivity index (χ2v) is 7.15. The highest BCUT2D eigenvalue weighted by Gasteiger charge is 2.38. The van der Waals surface area contributed by atoms with Gasteiger partial charge in [-0.3, -0.25) is 4.79 Å². The molecular formula is C22H26N2O2S. The molecule has 1 aliphatic rings. The number of hydrogen-bond acceptors (Lipinski definition) is 3. The Kier molecular flexibility index (Phi) is 6.82. The van der Waals surface area contributed by atoms with Gasteiger partial charge in [-0.1, -0.05) is 55.0 Å². The van der Waals surface area contributed by atoms with Crippen molar-refractivity contribution in [2.45, 2.75) is 38.8 Å². The van der Waals surface area contributed by atoms with Gasteiger partial charge in [-0.25, -0.2) is 0 Å². The van der Waals surface area contributed by atoms with Crippen LogP contribution in [-0.2, 0) is 16.1 Å². The second kappa shape index (κ2) is 9.51. The monoisotopic (exact) mass is 382 g/mol. The normalized spacial score (nSPS) is 18.7. The molecule has 0 spiro atoms. The molecule has 5 heteroatoms. The van der Waals surface area contributed by atoms with Crippen LogP contribution in [0, 0.1) is 5.92 Å². The van der Waals surface area contributed by atoms with E-state index in [1.807, 2.05) is 55.5 Å². The molecule has 0 saturated heterocycles. The van der Waals surface area contributed by atoms with Crippen LogP contribution in [0.15, 0.2) is 60.7 Å². The largest absolute Gasteiger partial charge is 0.466 e. The van der Waals surface area contributed by atoms with Gasteiger partial charge in [-0.15, -0.1) is 0 Å². The van der Waals surface area contributed by atoms with Gasteiger partial charge in [-0.05, 0) is 49.7 Å². The topological polar surface area (TPSA) is 41.6 Å². The molecule has 1 N–H and O–H groups in total. The van der Waals surface area contributed by atoms with Crippen LogP contribution in [-0.4, -0.2) is 28.6 Å². The zero-order valence-electron chi connectivity index (χ0n) is 15.6. The summed E-state index contributed by atoms with van der Waals surface area (Å²) >= 11 is 5.76. The lowest BCUT2D eigenvalue weighted by Crippen LogP contribution is -2.46. The predicted octanol–water partition coefficient (Wildman–Crippen LogP) is 4.62. The number of carbonyl (C=O) groups is 1. The van der Waals surface area contributed by atoms with Crippen molar-refractivity contribution in [3.8, 4) is 0 Å². The molecule has 142 valence electrons. The van der Waals surface area contributed by atoms with Crippen LogP contribution in [0.2, 0.25) is 0 Å². The zero-order chi connectivity index (χ0) is 19.1. The van der Waals surface area contributed by atoms with Gasteiger partial charge in [-0.2, -0.15) is 0 Å². The number of hydrogen-bond donors (Lipinski definition) is 1. The van der Waals surface area contributed by atoms with Crippen LogP contribution in [0.25, 0.3) is 0 Å². The van der Waals surface area contributed by atoms with Crippen molar-refractivity contribution in [1.29, 1.82) is 0 Å². The SMILES string of the molecule is CCOC(=O)[C@@H]1CCC[C@H]1N(Cc1ccccc1)C(=S)Nc1ccccc1. The number of benzene rings is 2. The van der Waals surface area contributed by atoms with Gasteiger partial charge in [0.2, 0.25) is 0 Å². The van der Waals surface area contributed by atoms with Gasteiger partial charge >= 0.3 is 5.97 Å². The summed E-state index contributed by atoms with van der Waals surface area (Å²) in [6, 6.07) is 20.2. The van der Waals surface area contributed by atoms with E-state index in [1.54, 1.807) is 0 Å². The summed E-state index contributed by atoms with van der Waals surface area (Å²) in [7, 11) is 0. The Morgan fingerprint density at radius 3 is 2.44 bits per heavy atom. The first-order chi connectivity index (χ1) is 13.2. The van der Waals surface area contributed by atoms with Gasteiger partial charge in [0.25, 0.3) is 0 Å². The molecule has 0 unspecified atom stereocenters. The van der Waals surface area contributed by atoms with Crippen molar-refractivity contribution in [1.82, 2.24) is 4.90 Å². The second-order valence-electron chi connectivity index (χ2n) is 6.77. The fraction of sp³-hybridized carbons (Fsp3) is 0.364. The lowest BCUT2D eigenvalue weighted by Gasteiger charge is -2.34. The molecule has 0 radical (unpaired) electrons. The van der Waals surface area contributed by atoms with Crippen molar-refractivity contribution >= 4 is 29.0 Å². The zero-order valence-corrected chi connectivity index (χ0v) is 16.5. The molecule has 2 aromatic carbocycles. The molecule has 1 saturated carbocycles. The molecule has 0 amide bonds. The van der Waals surface area contributed by atoms with E-state index in [-0.39, 0.29) is 17.9 Å². The third kappa shape index (κ3) is 5.07. The number of thiocarbonyl (C=S) groups is 1. The minimum atomic E-state index is -0.135. The Bertz CT molecular complexity index is 751. The van der Waals surface area contributed by atoms with E-state index in [0.29, 0.717) is 18.3 Å². The maximum absolute atomic E-state index is 12.5. The van der Waals surface area contributed by atoms with Crippen LogP contribution < -0.4 is 5.32 Å². The molecule has 1 fully saturated rings. The fourth-order valence-electron chi connectivity index (χ4n) is 3.67. The standard InChI is InChI=1S/C22H26N2O2S/c1-2-26-21(25)19-14-9-15-20(19)24(16-17-10-5-3-6-11-17)22(27)23-18-12-7-4-8-13-18/h3-8,10-13,19-20H,2,9,14-16H2,1H3,(H,23,27)/t19-,20-/m1/s1. The van der Waals surface area contributed by atoms with E-state index >= 15 is 0 Å². The smallest absolute Gasteiger partial charge is 0.311 e. The van der Waals surface area contributed by atoms with Crippen LogP contribution in [0.3, 0.4) is 0 Å². The first kappa shape index (κ1) is 19.4. The highest BCUT2D eigenvalue weighted by Crippen LogP contribution is 2.32. The van der Waals surface area contributed by atoms with Gasteiger partial charge in [0.1, 0.15) is 0 Å². The Balaban J connectivity index is 1.82. The Hall–Kier alpha value is -2.40. The van der Waals surface area contributed by atoms with Crippen molar-refractivity contribution < 1.29 is 9.53 Å². The first-order valence-electron chi connectivity index (χ1n) is 9.52. The van der Waals surface area contributed by atoms with E-state index in [1.165, 1.54) is 5.56 Å². The molecule has 0 bridgehead atoms. The summed E-state index contributed by atoms with van der Waals surface area (Å²) in [5.74, 6) is -0.246. The highest BCUT2D eigenvalue weighted by molar-refractivity contribution is 7.80. The van der Waals surface area contributed by atoms with E-state index in [4.69, 9.17) is 17.0 Å². The van der Waals surface area contributed by atoms with Gasteiger partial charge in [0.05, 0.1) is 12.5 Å². The molecule has 4 nitrogen and oxygen atoms in total. The fourth-order valence-corrected chi connectivity index (χ4v) is 3.99. The van der Waals surface area contributed by atoms with Crippen LogP contribution in [0.5, 0.6) is 0 Å².